The van der Waals surface area contributed by atoms with Crippen molar-refractivity contribution < 1.29 is 18.3 Å². The van der Waals surface area contributed by atoms with Crippen LogP contribution >= 0.6 is 0 Å². The second kappa shape index (κ2) is 5.65. The van der Waals surface area contributed by atoms with E-state index >= 15 is 0 Å². The van der Waals surface area contributed by atoms with E-state index in [-0.39, 0.29) is 6.42 Å². The SMILES string of the molecule is C=CS(=O)(=O)Nc1ccc(C(N)CC(=O)O)cc1. The van der Waals surface area contributed by atoms with Crippen molar-refractivity contribution in [1.29, 1.82) is 0 Å². The second-order valence-electron chi connectivity index (χ2n) is 3.64. The molecule has 0 bridgehead atoms. The highest BCUT2D eigenvalue weighted by Crippen LogP contribution is 2.18. The Kier molecular flexibility index (Phi) is 4.46. The Hall–Kier alpha value is -1.86. The zero-order valence-corrected chi connectivity index (χ0v) is 10.4. The molecule has 0 amide bonds. The standard InChI is InChI=1S/C11H14N2O4S/c1-2-18(16,17)13-9-5-3-8(4-6-9)10(12)7-11(14)15/h2-6,10,13H,1,7,12H2,(H,14,15). The minimum atomic E-state index is -3.54. The summed E-state index contributed by atoms with van der Waals surface area (Å²) in [5, 5.41) is 9.40. The van der Waals surface area contributed by atoms with Crippen LogP contribution in [0.5, 0.6) is 0 Å². The molecule has 0 saturated heterocycles. The minimum absolute atomic E-state index is 0.183. The molecular formula is C11H14N2O4S. The molecule has 0 fully saturated rings. The highest BCUT2D eigenvalue weighted by Gasteiger charge is 2.11. The Morgan fingerprint density at radius 1 is 1.44 bits per heavy atom. The van der Waals surface area contributed by atoms with Crippen molar-refractivity contribution in [3.8, 4) is 0 Å². The van der Waals surface area contributed by atoms with E-state index in [0.29, 0.717) is 11.3 Å². The highest BCUT2D eigenvalue weighted by atomic mass is 32.2. The summed E-state index contributed by atoms with van der Waals surface area (Å²) in [6.07, 6.45) is -0.183. The minimum Gasteiger partial charge on any atom is -0.481 e. The molecule has 0 spiro atoms. The third kappa shape index (κ3) is 4.19. The summed E-state index contributed by atoms with van der Waals surface area (Å²) in [6, 6.07) is 5.56. The predicted octanol–water partition coefficient (Wildman–Crippen LogP) is 1.05. The number of benzene rings is 1. The Morgan fingerprint density at radius 2 is 2.00 bits per heavy atom. The van der Waals surface area contributed by atoms with E-state index in [4.69, 9.17) is 10.8 Å². The molecule has 6 nitrogen and oxygen atoms in total. The molecule has 0 heterocycles. The number of anilines is 1. The summed E-state index contributed by atoms with van der Waals surface area (Å²) >= 11 is 0. The van der Waals surface area contributed by atoms with Crippen LogP contribution in [0.4, 0.5) is 5.69 Å². The maximum Gasteiger partial charge on any atom is 0.305 e. The number of nitrogens with one attached hydrogen (secondary N) is 1. The zero-order chi connectivity index (χ0) is 13.8. The van der Waals surface area contributed by atoms with Gasteiger partial charge in [0.25, 0.3) is 10.0 Å². The third-order valence-electron chi connectivity index (χ3n) is 2.21. The van der Waals surface area contributed by atoms with Crippen molar-refractivity contribution in [2.75, 3.05) is 4.72 Å². The number of hydrogen-bond donors (Lipinski definition) is 3. The van der Waals surface area contributed by atoms with Gasteiger partial charge in [0.15, 0.2) is 0 Å². The Labute approximate surface area is 105 Å². The molecule has 0 aromatic heterocycles. The fraction of sp³-hybridized carbons (Fsp3) is 0.182. The van der Waals surface area contributed by atoms with Crippen LogP contribution in [0.2, 0.25) is 0 Å². The Morgan fingerprint density at radius 3 is 2.44 bits per heavy atom. The molecule has 1 atom stereocenters. The smallest absolute Gasteiger partial charge is 0.305 e. The topological polar surface area (TPSA) is 109 Å². The van der Waals surface area contributed by atoms with Gasteiger partial charge < -0.3 is 10.8 Å². The molecule has 1 rings (SSSR count). The zero-order valence-electron chi connectivity index (χ0n) is 9.54. The van der Waals surface area contributed by atoms with Gasteiger partial charge in [-0.1, -0.05) is 18.7 Å². The number of carboxylic acid groups (broad SMARTS) is 1. The molecule has 1 aromatic carbocycles. The van der Waals surface area contributed by atoms with Crippen molar-refractivity contribution in [3.05, 3.63) is 41.8 Å². The van der Waals surface area contributed by atoms with Crippen LogP contribution in [0.3, 0.4) is 0 Å². The summed E-state index contributed by atoms with van der Waals surface area (Å²) in [4.78, 5) is 10.5. The average Bonchev–Trinajstić information content (AvgIpc) is 2.28. The fourth-order valence-corrected chi connectivity index (χ4v) is 1.86. The molecule has 98 valence electrons. The van der Waals surface area contributed by atoms with E-state index in [9.17, 15) is 13.2 Å². The van der Waals surface area contributed by atoms with Gasteiger partial charge in [-0.25, -0.2) is 8.42 Å². The predicted molar refractivity (Wildman–Crippen MR) is 68.4 cm³/mol. The molecule has 18 heavy (non-hydrogen) atoms. The fourth-order valence-electron chi connectivity index (χ4n) is 1.31. The van der Waals surface area contributed by atoms with E-state index in [1.54, 1.807) is 12.1 Å². The van der Waals surface area contributed by atoms with E-state index in [1.165, 1.54) is 12.1 Å². The first-order valence-corrected chi connectivity index (χ1v) is 6.61. The number of rotatable bonds is 6. The summed E-state index contributed by atoms with van der Waals surface area (Å²) in [5.41, 5.74) is 6.65. The number of sulfonamides is 1. The van der Waals surface area contributed by atoms with Crippen LogP contribution in [0.1, 0.15) is 18.0 Å². The monoisotopic (exact) mass is 270 g/mol. The molecule has 1 aromatic rings. The lowest BCUT2D eigenvalue weighted by molar-refractivity contribution is -0.137. The maximum absolute atomic E-state index is 11.2. The lowest BCUT2D eigenvalue weighted by Gasteiger charge is -2.10. The van der Waals surface area contributed by atoms with Crippen LogP contribution in [0.25, 0.3) is 0 Å². The number of carboxylic acids is 1. The van der Waals surface area contributed by atoms with Crippen LogP contribution in [0.15, 0.2) is 36.3 Å². The third-order valence-corrected chi connectivity index (χ3v) is 3.17. The summed E-state index contributed by atoms with van der Waals surface area (Å²) < 4.78 is 24.7. The lowest BCUT2D eigenvalue weighted by atomic mass is 10.0. The lowest BCUT2D eigenvalue weighted by Crippen LogP contribution is -2.15. The van der Waals surface area contributed by atoms with Crippen LogP contribution in [-0.2, 0) is 14.8 Å². The number of nitrogens with two attached hydrogens (primary N) is 1. The molecule has 0 saturated carbocycles. The average molecular weight is 270 g/mol. The highest BCUT2D eigenvalue weighted by molar-refractivity contribution is 7.95. The van der Waals surface area contributed by atoms with Gasteiger partial charge in [-0.05, 0) is 17.7 Å². The van der Waals surface area contributed by atoms with Crippen molar-refractivity contribution in [1.82, 2.24) is 0 Å². The molecule has 0 aliphatic carbocycles. The van der Waals surface area contributed by atoms with Crippen molar-refractivity contribution in [2.45, 2.75) is 12.5 Å². The summed E-state index contributed by atoms with van der Waals surface area (Å²) in [5.74, 6) is -0.987. The molecule has 7 heteroatoms. The van der Waals surface area contributed by atoms with Crippen LogP contribution < -0.4 is 10.5 Å². The van der Waals surface area contributed by atoms with Gasteiger partial charge in [-0.2, -0.15) is 0 Å². The van der Waals surface area contributed by atoms with Crippen molar-refractivity contribution in [2.24, 2.45) is 5.73 Å². The van der Waals surface area contributed by atoms with Gasteiger partial charge in [-0.15, -0.1) is 0 Å². The number of hydrogen-bond acceptors (Lipinski definition) is 4. The first-order chi connectivity index (χ1) is 8.34. The first-order valence-electron chi connectivity index (χ1n) is 5.06. The summed E-state index contributed by atoms with van der Waals surface area (Å²) in [6.45, 7) is 3.17. The largest absolute Gasteiger partial charge is 0.481 e. The quantitative estimate of drug-likeness (QED) is 0.715. The maximum atomic E-state index is 11.2. The molecule has 4 N–H and O–H groups in total. The second-order valence-corrected chi connectivity index (χ2v) is 5.27. The normalized spacial score (nSPS) is 12.7. The van der Waals surface area contributed by atoms with Crippen LogP contribution in [-0.4, -0.2) is 19.5 Å². The first kappa shape index (κ1) is 14.2. The van der Waals surface area contributed by atoms with Gasteiger partial charge in [0, 0.05) is 17.1 Å². The Bertz CT molecular complexity index is 537. The number of aliphatic carboxylic acids is 1. The van der Waals surface area contributed by atoms with Gasteiger partial charge >= 0.3 is 5.97 Å². The van der Waals surface area contributed by atoms with Crippen molar-refractivity contribution in [3.63, 3.8) is 0 Å². The van der Waals surface area contributed by atoms with E-state index in [1.807, 2.05) is 0 Å². The van der Waals surface area contributed by atoms with Gasteiger partial charge in [-0.3, -0.25) is 9.52 Å². The molecule has 0 radical (unpaired) electrons. The molecule has 0 aliphatic heterocycles. The van der Waals surface area contributed by atoms with Gasteiger partial charge in [0.1, 0.15) is 0 Å². The summed E-state index contributed by atoms with van der Waals surface area (Å²) in [7, 11) is -3.54. The molecule has 0 aliphatic rings. The van der Waals surface area contributed by atoms with E-state index in [2.05, 4.69) is 11.3 Å². The molecule has 1 unspecified atom stereocenters. The Balaban J connectivity index is 2.80. The van der Waals surface area contributed by atoms with Crippen LogP contribution in [0, 0.1) is 0 Å². The van der Waals surface area contributed by atoms with E-state index < -0.39 is 22.0 Å². The van der Waals surface area contributed by atoms with Crippen molar-refractivity contribution >= 4 is 21.7 Å². The van der Waals surface area contributed by atoms with Gasteiger partial charge in [0.05, 0.1) is 6.42 Å². The molecular weight excluding hydrogens is 256 g/mol. The number of carbonyl (C=O) groups is 1. The van der Waals surface area contributed by atoms with E-state index in [0.717, 1.165) is 5.41 Å². The van der Waals surface area contributed by atoms with Gasteiger partial charge in [0.2, 0.25) is 0 Å².